The second-order valence-corrected chi connectivity index (χ2v) is 5.11. The molecule has 0 aromatic carbocycles. The average molecular weight is 233 g/mol. The summed E-state index contributed by atoms with van der Waals surface area (Å²) in [6.07, 6.45) is 9.12. The minimum atomic E-state index is 0.0166. The first kappa shape index (κ1) is 14.0. The molecule has 3 heteroatoms. The third-order valence-corrected chi connectivity index (χ3v) is 3.74. The summed E-state index contributed by atoms with van der Waals surface area (Å²) in [7, 11) is 2.13. The summed E-state index contributed by atoms with van der Waals surface area (Å²) in [5.74, 6) is 0.0166. The van der Waals surface area contributed by atoms with Crippen LogP contribution < -0.4 is 0 Å². The molecular weight excluding hydrogens is 210 g/mol. The molecule has 0 aromatic rings. The molecule has 0 spiro atoms. The normalized spacial score (nSPS) is 19.3. The van der Waals surface area contributed by atoms with Gasteiger partial charge < -0.3 is 4.90 Å². The Labute approximate surface area is 105 Å². The van der Waals surface area contributed by atoms with Crippen molar-refractivity contribution in [1.29, 1.82) is 10.5 Å². The summed E-state index contributed by atoms with van der Waals surface area (Å²) < 4.78 is 0. The van der Waals surface area contributed by atoms with E-state index in [1.807, 2.05) is 0 Å². The van der Waals surface area contributed by atoms with Crippen LogP contribution in [0, 0.1) is 28.6 Å². The lowest BCUT2D eigenvalue weighted by atomic mass is 10.0. The van der Waals surface area contributed by atoms with Crippen LogP contribution in [0.25, 0.3) is 0 Å². The first-order chi connectivity index (χ1) is 8.27. The van der Waals surface area contributed by atoms with E-state index in [2.05, 4.69) is 24.1 Å². The van der Waals surface area contributed by atoms with Crippen LogP contribution in [0.15, 0.2) is 0 Å². The summed E-state index contributed by atoms with van der Waals surface area (Å²) in [4.78, 5) is 2.34. The van der Waals surface area contributed by atoms with Crippen LogP contribution in [-0.2, 0) is 0 Å². The Balaban J connectivity index is 2.37. The molecule has 1 atom stereocenters. The van der Waals surface area contributed by atoms with Crippen LogP contribution in [-0.4, -0.2) is 24.5 Å². The number of hydrogen-bond acceptors (Lipinski definition) is 3. The fraction of sp³-hybridized carbons (Fsp3) is 0.857. The minimum absolute atomic E-state index is 0.0166. The highest BCUT2D eigenvalue weighted by Gasteiger charge is 2.19. The molecule has 0 saturated heterocycles. The fourth-order valence-electron chi connectivity index (χ4n) is 2.63. The number of hydrogen-bond donors (Lipinski definition) is 0. The van der Waals surface area contributed by atoms with E-state index >= 15 is 0 Å². The van der Waals surface area contributed by atoms with Crippen LogP contribution in [0.3, 0.4) is 0 Å². The Bertz CT molecular complexity index is 279. The van der Waals surface area contributed by atoms with Crippen molar-refractivity contribution in [2.24, 2.45) is 5.92 Å². The number of rotatable bonds is 5. The molecule has 0 aromatic heterocycles. The topological polar surface area (TPSA) is 50.8 Å². The van der Waals surface area contributed by atoms with Crippen molar-refractivity contribution in [2.45, 2.75) is 57.4 Å². The molecule has 0 radical (unpaired) electrons. The molecule has 1 unspecified atom stereocenters. The lowest BCUT2D eigenvalue weighted by molar-refractivity contribution is 0.201. The maximum atomic E-state index is 9.07. The third kappa shape index (κ3) is 5.20. The van der Waals surface area contributed by atoms with E-state index in [9.17, 15) is 0 Å². The predicted octanol–water partition coefficient (Wildman–Crippen LogP) is 3.08. The van der Waals surface area contributed by atoms with E-state index in [-0.39, 0.29) is 5.92 Å². The van der Waals surface area contributed by atoms with E-state index in [1.165, 1.54) is 38.5 Å². The van der Waals surface area contributed by atoms with Gasteiger partial charge in [-0.1, -0.05) is 25.7 Å². The van der Waals surface area contributed by atoms with Crippen molar-refractivity contribution < 1.29 is 0 Å². The second kappa shape index (κ2) is 8.09. The lowest BCUT2D eigenvalue weighted by Crippen LogP contribution is -2.35. The zero-order valence-electron chi connectivity index (χ0n) is 10.9. The van der Waals surface area contributed by atoms with Gasteiger partial charge in [0.15, 0.2) is 0 Å². The maximum absolute atomic E-state index is 9.07. The zero-order valence-corrected chi connectivity index (χ0v) is 10.9. The van der Waals surface area contributed by atoms with Gasteiger partial charge in [-0.15, -0.1) is 0 Å². The molecule has 0 heterocycles. The molecule has 1 saturated carbocycles. The number of nitrogens with zero attached hydrogens (tertiary/aromatic N) is 3. The van der Waals surface area contributed by atoms with Crippen molar-refractivity contribution in [3.05, 3.63) is 0 Å². The summed E-state index contributed by atoms with van der Waals surface area (Å²) >= 11 is 0. The fourth-order valence-corrected chi connectivity index (χ4v) is 2.63. The van der Waals surface area contributed by atoms with Crippen LogP contribution in [0.5, 0.6) is 0 Å². The van der Waals surface area contributed by atoms with Gasteiger partial charge in [0.1, 0.15) is 0 Å². The summed E-state index contributed by atoms with van der Waals surface area (Å²) in [6, 6.07) is 5.10. The molecule has 1 aliphatic rings. The first-order valence-electron chi connectivity index (χ1n) is 6.74. The van der Waals surface area contributed by atoms with Gasteiger partial charge in [-0.05, 0) is 26.3 Å². The van der Waals surface area contributed by atoms with Crippen molar-refractivity contribution in [3.63, 3.8) is 0 Å². The van der Waals surface area contributed by atoms with Gasteiger partial charge >= 0.3 is 0 Å². The van der Waals surface area contributed by atoms with Crippen molar-refractivity contribution in [2.75, 3.05) is 13.6 Å². The van der Waals surface area contributed by atoms with Gasteiger partial charge in [0.25, 0.3) is 0 Å². The zero-order chi connectivity index (χ0) is 12.5. The molecular formula is C14H23N3. The molecule has 0 bridgehead atoms. The molecule has 1 rings (SSSR count). The molecule has 0 aliphatic heterocycles. The lowest BCUT2D eigenvalue weighted by Gasteiger charge is -2.28. The van der Waals surface area contributed by atoms with E-state index < -0.39 is 0 Å². The first-order valence-corrected chi connectivity index (χ1v) is 6.74. The Kier molecular flexibility index (Phi) is 6.67. The van der Waals surface area contributed by atoms with Gasteiger partial charge in [-0.3, -0.25) is 0 Å². The smallest absolute Gasteiger partial charge is 0.0669 e. The predicted molar refractivity (Wildman–Crippen MR) is 68.1 cm³/mol. The summed E-state index contributed by atoms with van der Waals surface area (Å²) in [6.45, 7) is 0.822. The van der Waals surface area contributed by atoms with Gasteiger partial charge in [-0.25, -0.2) is 0 Å². The van der Waals surface area contributed by atoms with Crippen molar-refractivity contribution in [3.8, 4) is 12.1 Å². The van der Waals surface area contributed by atoms with Crippen LogP contribution in [0.2, 0.25) is 0 Å². The van der Waals surface area contributed by atoms with Crippen molar-refractivity contribution >= 4 is 0 Å². The molecule has 3 nitrogen and oxygen atoms in total. The monoisotopic (exact) mass is 233 g/mol. The molecule has 0 amide bonds. The van der Waals surface area contributed by atoms with Gasteiger partial charge in [-0.2, -0.15) is 10.5 Å². The van der Waals surface area contributed by atoms with Gasteiger partial charge in [0, 0.05) is 19.0 Å². The van der Waals surface area contributed by atoms with Crippen LogP contribution >= 0.6 is 0 Å². The maximum Gasteiger partial charge on any atom is 0.0669 e. The van der Waals surface area contributed by atoms with E-state index in [4.69, 9.17) is 10.5 Å². The van der Waals surface area contributed by atoms with Crippen LogP contribution in [0.4, 0.5) is 0 Å². The third-order valence-electron chi connectivity index (χ3n) is 3.74. The van der Waals surface area contributed by atoms with Gasteiger partial charge in [0.2, 0.25) is 0 Å². The molecule has 0 N–H and O–H groups in total. The van der Waals surface area contributed by atoms with Crippen LogP contribution in [0.1, 0.15) is 51.4 Å². The Morgan fingerprint density at radius 2 is 1.82 bits per heavy atom. The summed E-state index contributed by atoms with van der Waals surface area (Å²) in [5.41, 5.74) is 0. The SMILES string of the molecule is CN(CC(C#N)CCC#N)C1CCCCCC1. The Morgan fingerprint density at radius 3 is 2.35 bits per heavy atom. The van der Waals surface area contributed by atoms with E-state index in [1.54, 1.807) is 0 Å². The highest BCUT2D eigenvalue weighted by molar-refractivity contribution is 4.88. The summed E-state index contributed by atoms with van der Waals surface area (Å²) in [5, 5.41) is 17.6. The Morgan fingerprint density at radius 1 is 1.18 bits per heavy atom. The molecule has 94 valence electrons. The average Bonchev–Trinajstić information content (AvgIpc) is 2.63. The molecule has 17 heavy (non-hydrogen) atoms. The second-order valence-electron chi connectivity index (χ2n) is 5.11. The quantitative estimate of drug-likeness (QED) is 0.686. The largest absolute Gasteiger partial charge is 0.302 e. The minimum Gasteiger partial charge on any atom is -0.302 e. The van der Waals surface area contributed by atoms with Crippen molar-refractivity contribution in [1.82, 2.24) is 4.90 Å². The number of nitriles is 2. The van der Waals surface area contributed by atoms with E-state index in [0.717, 1.165) is 6.54 Å². The highest BCUT2D eigenvalue weighted by Crippen LogP contribution is 2.22. The standard InChI is InChI=1S/C14H23N3/c1-17(12-13(11-16)7-6-10-15)14-8-4-2-3-5-9-14/h13-14H,2-9,12H2,1H3. The van der Waals surface area contributed by atoms with Gasteiger partial charge in [0.05, 0.1) is 18.1 Å². The Hall–Kier alpha value is -1.06. The highest BCUT2D eigenvalue weighted by atomic mass is 15.1. The van der Waals surface area contributed by atoms with E-state index in [0.29, 0.717) is 18.9 Å². The molecule has 1 fully saturated rings. The molecule has 1 aliphatic carbocycles.